The van der Waals surface area contributed by atoms with Gasteiger partial charge >= 0.3 is 5.97 Å². The fourth-order valence-electron chi connectivity index (χ4n) is 3.33. The smallest absolute Gasteiger partial charge is 0.305 e. The molecule has 4 N–H and O–H groups in total. The summed E-state index contributed by atoms with van der Waals surface area (Å²) in [5.74, 6) is -1.20. The number of hydrogen-bond donors (Lipinski definition) is 4. The third kappa shape index (κ3) is 6.89. The summed E-state index contributed by atoms with van der Waals surface area (Å²) in [4.78, 5) is 24.5. The van der Waals surface area contributed by atoms with Gasteiger partial charge in [0.1, 0.15) is 5.82 Å². The largest absolute Gasteiger partial charge is 0.481 e. The number of carbonyl (C=O) groups is 1. The number of aliphatic carboxylic acids is 1. The van der Waals surface area contributed by atoms with Gasteiger partial charge in [-0.1, -0.05) is 26.0 Å². The monoisotopic (exact) mass is 486 g/mol. The Bertz CT molecular complexity index is 1160. The fraction of sp³-hybridized carbons (Fsp3) is 0.333. The van der Waals surface area contributed by atoms with E-state index in [0.717, 1.165) is 5.69 Å². The predicted octanol–water partition coefficient (Wildman–Crippen LogP) is 4.51. The molecule has 0 aliphatic heterocycles. The number of rotatable bonds is 10. The first-order chi connectivity index (χ1) is 16.1. The number of carboxylic acids is 1. The van der Waals surface area contributed by atoms with E-state index in [4.69, 9.17) is 5.11 Å². The van der Waals surface area contributed by atoms with Gasteiger partial charge in [-0.15, -0.1) is 11.3 Å². The Morgan fingerprint density at radius 1 is 1.18 bits per heavy atom. The summed E-state index contributed by atoms with van der Waals surface area (Å²) in [6, 6.07) is 5.91. The highest BCUT2D eigenvalue weighted by atomic mass is 32.1. The van der Waals surface area contributed by atoms with E-state index in [9.17, 15) is 19.4 Å². The summed E-state index contributed by atoms with van der Waals surface area (Å²) in [5.41, 5.74) is 3.39. The zero-order valence-electron chi connectivity index (χ0n) is 19.1. The van der Waals surface area contributed by atoms with E-state index in [1.54, 1.807) is 18.2 Å². The quantitative estimate of drug-likeness (QED) is 0.329. The first-order valence-electron chi connectivity index (χ1n) is 10.8. The molecule has 3 rings (SSSR count). The van der Waals surface area contributed by atoms with Gasteiger partial charge < -0.3 is 20.6 Å². The summed E-state index contributed by atoms with van der Waals surface area (Å²) in [6.45, 7) is 5.83. The first kappa shape index (κ1) is 25.4. The number of hydrogen-bond acceptors (Lipinski definition) is 8. The van der Waals surface area contributed by atoms with Crippen molar-refractivity contribution in [2.45, 2.75) is 51.7 Å². The molecule has 2 atom stereocenters. The maximum Gasteiger partial charge on any atom is 0.305 e. The molecule has 0 saturated carbocycles. The number of nitrogens with one attached hydrogen (secondary N) is 1. The molecule has 0 radical (unpaired) electrons. The zero-order valence-corrected chi connectivity index (χ0v) is 19.9. The van der Waals surface area contributed by atoms with Crippen LogP contribution in [0.5, 0.6) is 0 Å². The Morgan fingerprint density at radius 2 is 1.88 bits per heavy atom. The Balaban J connectivity index is 2.03. The molecule has 0 aliphatic carbocycles. The molecule has 0 amide bonds. The number of halogens is 1. The van der Waals surface area contributed by atoms with Crippen LogP contribution in [0.1, 0.15) is 49.6 Å². The average molecular weight is 487 g/mol. The van der Waals surface area contributed by atoms with Gasteiger partial charge in [0.15, 0.2) is 5.13 Å². The van der Waals surface area contributed by atoms with E-state index in [2.05, 4.69) is 20.3 Å². The maximum absolute atomic E-state index is 13.6. The van der Waals surface area contributed by atoms with Crippen LogP contribution in [0, 0.1) is 12.7 Å². The number of aliphatic hydroxyl groups excluding tert-OH is 2. The number of aliphatic hydroxyl groups is 2. The number of carboxylic acid groups (broad SMARTS) is 1. The van der Waals surface area contributed by atoms with Crippen molar-refractivity contribution >= 4 is 34.5 Å². The Morgan fingerprint density at radius 3 is 2.47 bits per heavy atom. The van der Waals surface area contributed by atoms with Crippen LogP contribution in [0.3, 0.4) is 0 Å². The zero-order chi connectivity index (χ0) is 24.8. The van der Waals surface area contributed by atoms with Gasteiger partial charge in [0.05, 0.1) is 35.7 Å². The second kappa shape index (κ2) is 11.3. The van der Waals surface area contributed by atoms with Crippen molar-refractivity contribution in [1.29, 1.82) is 0 Å². The van der Waals surface area contributed by atoms with Gasteiger partial charge in [-0.2, -0.15) is 0 Å². The van der Waals surface area contributed by atoms with Crippen LogP contribution in [0.4, 0.5) is 15.5 Å². The molecule has 0 spiro atoms. The van der Waals surface area contributed by atoms with Crippen LogP contribution < -0.4 is 5.32 Å². The molecular formula is C24H27FN4O4S. The topological polar surface area (TPSA) is 128 Å². The highest BCUT2D eigenvalue weighted by Crippen LogP contribution is 2.31. The van der Waals surface area contributed by atoms with Crippen LogP contribution in [0.15, 0.2) is 35.7 Å². The molecule has 180 valence electrons. The van der Waals surface area contributed by atoms with Crippen molar-refractivity contribution in [2.75, 3.05) is 5.32 Å². The lowest BCUT2D eigenvalue weighted by atomic mass is 9.97. The second-order valence-corrected chi connectivity index (χ2v) is 9.05. The Hall–Kier alpha value is -3.21. The van der Waals surface area contributed by atoms with Gasteiger partial charge in [0.2, 0.25) is 5.95 Å². The number of aryl methyl sites for hydroxylation is 1. The van der Waals surface area contributed by atoms with Crippen molar-refractivity contribution < 1.29 is 24.5 Å². The summed E-state index contributed by atoms with van der Waals surface area (Å²) >= 11 is 1.43. The van der Waals surface area contributed by atoms with E-state index in [-0.39, 0.29) is 18.2 Å². The normalized spacial score (nSPS) is 13.4. The highest BCUT2D eigenvalue weighted by molar-refractivity contribution is 7.13. The van der Waals surface area contributed by atoms with Gasteiger partial charge in [-0.3, -0.25) is 4.79 Å². The van der Waals surface area contributed by atoms with Crippen molar-refractivity contribution in [3.05, 3.63) is 58.5 Å². The molecule has 0 fully saturated rings. The van der Waals surface area contributed by atoms with Gasteiger partial charge in [0, 0.05) is 22.9 Å². The summed E-state index contributed by atoms with van der Waals surface area (Å²) in [5, 5.41) is 34.6. The van der Waals surface area contributed by atoms with Crippen LogP contribution >= 0.6 is 11.3 Å². The molecular weight excluding hydrogens is 459 g/mol. The third-order valence-electron chi connectivity index (χ3n) is 4.89. The minimum atomic E-state index is -1.18. The Kier molecular flexibility index (Phi) is 8.43. The summed E-state index contributed by atoms with van der Waals surface area (Å²) in [7, 11) is 0. The number of benzene rings is 1. The maximum atomic E-state index is 13.6. The highest BCUT2D eigenvalue weighted by Gasteiger charge is 2.19. The molecule has 3 aromatic rings. The minimum absolute atomic E-state index is 0.0184. The fourth-order valence-corrected chi connectivity index (χ4v) is 4.01. The van der Waals surface area contributed by atoms with Crippen molar-refractivity contribution in [1.82, 2.24) is 15.0 Å². The molecule has 0 unspecified atom stereocenters. The van der Waals surface area contributed by atoms with E-state index in [0.29, 0.717) is 33.6 Å². The van der Waals surface area contributed by atoms with E-state index in [1.807, 2.05) is 26.2 Å². The average Bonchev–Trinajstić information content (AvgIpc) is 3.16. The second-order valence-electron chi connectivity index (χ2n) is 8.19. The lowest BCUT2D eigenvalue weighted by Crippen LogP contribution is -2.19. The number of nitrogens with zero attached hydrogens (tertiary/aromatic N) is 3. The molecule has 0 aliphatic rings. The molecule has 0 bridgehead atoms. The van der Waals surface area contributed by atoms with Crippen molar-refractivity contribution in [3.8, 4) is 11.3 Å². The van der Waals surface area contributed by atoms with Crippen LogP contribution in [-0.4, -0.2) is 48.4 Å². The molecule has 34 heavy (non-hydrogen) atoms. The molecule has 0 saturated heterocycles. The van der Waals surface area contributed by atoms with Crippen molar-refractivity contribution in [3.63, 3.8) is 0 Å². The lowest BCUT2D eigenvalue weighted by Gasteiger charge is -2.17. The van der Waals surface area contributed by atoms with E-state index < -0.39 is 24.6 Å². The molecule has 10 heteroatoms. The molecule has 2 heterocycles. The van der Waals surface area contributed by atoms with Crippen LogP contribution in [0.2, 0.25) is 0 Å². The first-order valence-corrected chi connectivity index (χ1v) is 11.6. The van der Waals surface area contributed by atoms with E-state index >= 15 is 0 Å². The molecule has 8 nitrogen and oxygen atoms in total. The number of aromatic nitrogens is 3. The van der Waals surface area contributed by atoms with Gasteiger partial charge in [0.25, 0.3) is 0 Å². The molecule has 1 aromatic carbocycles. The van der Waals surface area contributed by atoms with Gasteiger partial charge in [-0.25, -0.2) is 19.3 Å². The van der Waals surface area contributed by atoms with Crippen LogP contribution in [0.25, 0.3) is 17.3 Å². The lowest BCUT2D eigenvalue weighted by molar-refractivity contribution is -0.139. The molecule has 2 aromatic heterocycles. The number of anilines is 2. The predicted molar refractivity (Wildman–Crippen MR) is 130 cm³/mol. The minimum Gasteiger partial charge on any atom is -0.481 e. The summed E-state index contributed by atoms with van der Waals surface area (Å²) in [6.07, 6.45) is 0.288. The van der Waals surface area contributed by atoms with Crippen molar-refractivity contribution in [2.24, 2.45) is 0 Å². The van der Waals surface area contributed by atoms with Gasteiger partial charge in [-0.05, 0) is 37.1 Å². The summed E-state index contributed by atoms with van der Waals surface area (Å²) < 4.78 is 13.6. The van der Waals surface area contributed by atoms with E-state index in [1.165, 1.54) is 29.5 Å². The SMILES string of the molecule is Cc1csc(Nc2nc(-c3ccc(F)cc3)c(C=C[C@@H](O)C[C@@H](O)CC(=O)O)c(C(C)C)n2)n1. The standard InChI is InChI=1S/C24H27FN4O4S/c1-13(2)21-19(9-8-17(30)10-18(31)11-20(32)33)22(15-4-6-16(25)7-5-15)28-23(27-21)29-24-26-14(3)12-34-24/h4-9,12-13,17-18,30-31H,10-11H2,1-3H3,(H,32,33)(H,26,27,28,29)/t17-,18-/m1/s1. The third-order valence-corrected chi connectivity index (χ3v) is 5.76. The Labute approximate surface area is 200 Å². The van der Waals surface area contributed by atoms with Crippen LogP contribution in [-0.2, 0) is 4.79 Å². The number of thiazole rings is 1.